The normalized spacial score (nSPS) is 13.6. The fourth-order valence-electron chi connectivity index (χ4n) is 2.72. The highest BCUT2D eigenvalue weighted by atomic mass is 32.2. The molecule has 1 aliphatic carbocycles. The predicted octanol–water partition coefficient (Wildman–Crippen LogP) is 3.04. The van der Waals surface area contributed by atoms with Crippen LogP contribution in [0.5, 0.6) is 0 Å². The lowest BCUT2D eigenvalue weighted by atomic mass is 9.84. The van der Waals surface area contributed by atoms with E-state index in [-0.39, 0.29) is 33.3 Å². The van der Waals surface area contributed by atoms with Crippen LogP contribution in [0.15, 0.2) is 47.4 Å². The standard InChI is InChI=1S/C18H16O4S/c1-2-3-10-23(21,22)12-8-9-15-16(11-12)18(20)14-7-5-4-6-13(14)17(15)19/h4-9,11H,2-3,10H2,1H3. The Kier molecular flexibility index (Phi) is 3.90. The summed E-state index contributed by atoms with van der Waals surface area (Å²) in [5, 5.41) is 0. The second-order valence-corrected chi connectivity index (χ2v) is 7.69. The van der Waals surface area contributed by atoms with Crippen LogP contribution in [0.2, 0.25) is 0 Å². The van der Waals surface area contributed by atoms with Crippen LogP contribution in [0.3, 0.4) is 0 Å². The maximum atomic E-state index is 12.6. The van der Waals surface area contributed by atoms with Gasteiger partial charge in [-0.05, 0) is 24.6 Å². The van der Waals surface area contributed by atoms with Crippen LogP contribution < -0.4 is 0 Å². The van der Waals surface area contributed by atoms with Gasteiger partial charge >= 0.3 is 0 Å². The lowest BCUT2D eigenvalue weighted by Gasteiger charge is -2.18. The van der Waals surface area contributed by atoms with Crippen LogP contribution in [0.25, 0.3) is 0 Å². The highest BCUT2D eigenvalue weighted by Crippen LogP contribution is 2.29. The fourth-order valence-corrected chi connectivity index (χ4v) is 4.20. The summed E-state index contributed by atoms with van der Waals surface area (Å²) in [4.78, 5) is 25.2. The van der Waals surface area contributed by atoms with Gasteiger partial charge in [0.05, 0.1) is 10.6 Å². The maximum absolute atomic E-state index is 12.6. The zero-order valence-electron chi connectivity index (χ0n) is 12.7. The number of unbranched alkanes of at least 4 members (excludes halogenated alkanes) is 1. The van der Waals surface area contributed by atoms with E-state index in [0.717, 1.165) is 6.42 Å². The molecule has 2 aromatic carbocycles. The van der Waals surface area contributed by atoms with Crippen molar-refractivity contribution in [3.05, 3.63) is 64.7 Å². The smallest absolute Gasteiger partial charge is 0.194 e. The van der Waals surface area contributed by atoms with Gasteiger partial charge in [0.1, 0.15) is 0 Å². The summed E-state index contributed by atoms with van der Waals surface area (Å²) in [6.45, 7) is 1.92. The van der Waals surface area contributed by atoms with Gasteiger partial charge in [0.25, 0.3) is 0 Å². The number of hydrogen-bond acceptors (Lipinski definition) is 4. The molecular formula is C18H16O4S. The molecule has 0 aliphatic heterocycles. The third kappa shape index (κ3) is 2.61. The van der Waals surface area contributed by atoms with Crippen LogP contribution in [0.1, 0.15) is 51.6 Å². The van der Waals surface area contributed by atoms with Crippen molar-refractivity contribution in [1.29, 1.82) is 0 Å². The van der Waals surface area contributed by atoms with Crippen molar-refractivity contribution in [2.45, 2.75) is 24.7 Å². The first-order valence-corrected chi connectivity index (χ1v) is 9.16. The summed E-state index contributed by atoms with van der Waals surface area (Å²) in [5.74, 6) is -0.503. The van der Waals surface area contributed by atoms with Crippen LogP contribution >= 0.6 is 0 Å². The van der Waals surface area contributed by atoms with Crippen LogP contribution in [-0.2, 0) is 9.84 Å². The van der Waals surface area contributed by atoms with Gasteiger partial charge in [-0.3, -0.25) is 9.59 Å². The van der Waals surface area contributed by atoms with E-state index in [9.17, 15) is 18.0 Å². The van der Waals surface area contributed by atoms with Crippen molar-refractivity contribution in [3.63, 3.8) is 0 Å². The Morgan fingerprint density at radius 1 is 0.826 bits per heavy atom. The van der Waals surface area contributed by atoms with Crippen LogP contribution in [0.4, 0.5) is 0 Å². The molecule has 0 amide bonds. The van der Waals surface area contributed by atoms with Crippen molar-refractivity contribution in [2.24, 2.45) is 0 Å². The van der Waals surface area contributed by atoms with Gasteiger partial charge in [-0.2, -0.15) is 0 Å². The summed E-state index contributed by atoms with van der Waals surface area (Å²) in [5.41, 5.74) is 1.13. The molecule has 2 aromatic rings. The number of sulfone groups is 1. The quantitative estimate of drug-likeness (QED) is 0.738. The Balaban J connectivity index is 2.11. The van der Waals surface area contributed by atoms with Gasteiger partial charge in [0.15, 0.2) is 21.4 Å². The van der Waals surface area contributed by atoms with Gasteiger partial charge < -0.3 is 0 Å². The first-order chi connectivity index (χ1) is 11.0. The van der Waals surface area contributed by atoms with Crippen molar-refractivity contribution >= 4 is 21.4 Å². The second kappa shape index (κ2) is 5.74. The molecule has 0 bridgehead atoms. The van der Waals surface area contributed by atoms with Crippen LogP contribution in [-0.4, -0.2) is 25.7 Å². The van der Waals surface area contributed by atoms with E-state index in [2.05, 4.69) is 0 Å². The Bertz CT molecular complexity index is 910. The number of carbonyl (C=O) groups excluding carboxylic acids is 2. The van der Waals surface area contributed by atoms with Gasteiger partial charge in [-0.25, -0.2) is 8.42 Å². The molecule has 0 saturated carbocycles. The van der Waals surface area contributed by atoms with Crippen molar-refractivity contribution in [1.82, 2.24) is 0 Å². The topological polar surface area (TPSA) is 68.3 Å². The molecule has 0 saturated heterocycles. The summed E-state index contributed by atoms with van der Waals surface area (Å²) in [7, 11) is -3.44. The number of rotatable bonds is 4. The summed E-state index contributed by atoms with van der Waals surface area (Å²) >= 11 is 0. The lowest BCUT2D eigenvalue weighted by molar-refractivity contribution is 0.0979. The predicted molar refractivity (Wildman–Crippen MR) is 86.7 cm³/mol. The van der Waals surface area contributed by atoms with Crippen molar-refractivity contribution < 1.29 is 18.0 Å². The average Bonchev–Trinajstić information content (AvgIpc) is 2.57. The Hall–Kier alpha value is -2.27. The summed E-state index contributed by atoms with van der Waals surface area (Å²) < 4.78 is 24.6. The average molecular weight is 328 g/mol. The van der Waals surface area contributed by atoms with Gasteiger partial charge in [0.2, 0.25) is 0 Å². The minimum absolute atomic E-state index is 0.0427. The highest BCUT2D eigenvalue weighted by molar-refractivity contribution is 7.91. The van der Waals surface area contributed by atoms with E-state index in [0.29, 0.717) is 17.5 Å². The number of fused-ring (bicyclic) bond motifs is 2. The van der Waals surface area contributed by atoms with Crippen molar-refractivity contribution in [2.75, 3.05) is 5.75 Å². The molecule has 4 nitrogen and oxygen atoms in total. The molecule has 0 N–H and O–H groups in total. The number of hydrogen-bond donors (Lipinski definition) is 0. The van der Waals surface area contributed by atoms with E-state index in [1.54, 1.807) is 24.3 Å². The summed E-state index contributed by atoms with van der Waals surface area (Å²) in [6, 6.07) is 10.8. The van der Waals surface area contributed by atoms with Gasteiger partial charge in [-0.15, -0.1) is 0 Å². The minimum Gasteiger partial charge on any atom is -0.289 e. The molecule has 5 heteroatoms. The molecule has 0 heterocycles. The van der Waals surface area contributed by atoms with Gasteiger partial charge in [0, 0.05) is 22.3 Å². The molecular weight excluding hydrogens is 312 g/mol. The molecule has 1 aliphatic rings. The largest absolute Gasteiger partial charge is 0.289 e. The molecule has 0 radical (unpaired) electrons. The fraction of sp³-hybridized carbons (Fsp3) is 0.222. The molecule has 3 rings (SSSR count). The lowest BCUT2D eigenvalue weighted by Crippen LogP contribution is -2.21. The van der Waals surface area contributed by atoms with E-state index < -0.39 is 9.84 Å². The third-order valence-electron chi connectivity index (χ3n) is 4.02. The molecule has 0 aromatic heterocycles. The monoisotopic (exact) mass is 328 g/mol. The van der Waals surface area contributed by atoms with E-state index >= 15 is 0 Å². The van der Waals surface area contributed by atoms with E-state index in [1.165, 1.54) is 18.2 Å². The second-order valence-electron chi connectivity index (χ2n) is 5.58. The van der Waals surface area contributed by atoms with Crippen LogP contribution in [0, 0.1) is 0 Å². The Labute approximate surface area is 135 Å². The third-order valence-corrected chi connectivity index (χ3v) is 5.82. The maximum Gasteiger partial charge on any atom is 0.194 e. The zero-order chi connectivity index (χ0) is 16.6. The molecule has 23 heavy (non-hydrogen) atoms. The summed E-state index contributed by atoms with van der Waals surface area (Å²) in [6.07, 6.45) is 1.34. The van der Waals surface area contributed by atoms with Gasteiger partial charge in [-0.1, -0.05) is 37.6 Å². The number of benzene rings is 2. The molecule has 0 unspecified atom stereocenters. The Morgan fingerprint density at radius 3 is 2.00 bits per heavy atom. The number of carbonyl (C=O) groups is 2. The first-order valence-electron chi connectivity index (χ1n) is 7.51. The highest BCUT2D eigenvalue weighted by Gasteiger charge is 2.30. The molecule has 0 spiro atoms. The first kappa shape index (κ1) is 15.6. The van der Waals surface area contributed by atoms with E-state index in [1.807, 2.05) is 6.92 Å². The van der Waals surface area contributed by atoms with E-state index in [4.69, 9.17) is 0 Å². The number of ketones is 2. The molecule has 0 fully saturated rings. The minimum atomic E-state index is -3.44. The zero-order valence-corrected chi connectivity index (χ0v) is 13.5. The SMILES string of the molecule is CCCCS(=O)(=O)c1ccc2c(c1)C(=O)c1ccccc1C2=O. The van der Waals surface area contributed by atoms with Crippen molar-refractivity contribution in [3.8, 4) is 0 Å². The molecule has 118 valence electrons. The molecule has 0 atom stereocenters. The Morgan fingerprint density at radius 2 is 1.39 bits per heavy atom.